The molecule has 0 aliphatic carbocycles. The fraction of sp³-hybridized carbons (Fsp3) is 0.158. The van der Waals surface area contributed by atoms with Gasteiger partial charge in [-0.2, -0.15) is 4.99 Å². The van der Waals surface area contributed by atoms with Crippen LogP contribution in [-0.4, -0.2) is 33.1 Å². The standard InChI is InChI=1S/C19H16FNO5/c1-23-14-8-11(9-15(24-2)17(14)25-3)10-16-18(22)21-19(26-16)12-4-6-13(20)7-5-12/h4-10H,1-3H3/b16-10+. The molecule has 0 unspecified atom stereocenters. The molecule has 1 amide bonds. The van der Waals surface area contributed by atoms with E-state index in [9.17, 15) is 9.18 Å². The van der Waals surface area contributed by atoms with Gasteiger partial charge in [0.05, 0.1) is 21.3 Å². The average molecular weight is 357 g/mol. The van der Waals surface area contributed by atoms with Crippen LogP contribution in [0.5, 0.6) is 17.2 Å². The molecule has 0 bridgehead atoms. The Kier molecular flexibility index (Phi) is 4.88. The van der Waals surface area contributed by atoms with Crippen molar-refractivity contribution in [2.75, 3.05) is 21.3 Å². The number of amides is 1. The van der Waals surface area contributed by atoms with Crippen LogP contribution >= 0.6 is 0 Å². The highest BCUT2D eigenvalue weighted by molar-refractivity contribution is 6.14. The summed E-state index contributed by atoms with van der Waals surface area (Å²) in [6, 6.07) is 8.88. The van der Waals surface area contributed by atoms with Gasteiger partial charge in [-0.1, -0.05) is 0 Å². The lowest BCUT2D eigenvalue weighted by Gasteiger charge is -2.13. The Bertz CT molecular complexity index is 878. The summed E-state index contributed by atoms with van der Waals surface area (Å²) in [4.78, 5) is 16.0. The van der Waals surface area contributed by atoms with Crippen molar-refractivity contribution in [3.8, 4) is 17.2 Å². The molecule has 1 heterocycles. The molecule has 1 aliphatic heterocycles. The summed E-state index contributed by atoms with van der Waals surface area (Å²) < 4.78 is 34.4. The number of carbonyl (C=O) groups is 1. The Morgan fingerprint density at radius 2 is 1.62 bits per heavy atom. The number of benzene rings is 2. The minimum absolute atomic E-state index is 0.0404. The number of nitrogens with zero attached hydrogens (tertiary/aromatic N) is 1. The van der Waals surface area contributed by atoms with E-state index in [1.807, 2.05) is 0 Å². The van der Waals surface area contributed by atoms with Gasteiger partial charge < -0.3 is 18.9 Å². The molecular weight excluding hydrogens is 341 g/mol. The van der Waals surface area contributed by atoms with E-state index in [-0.39, 0.29) is 17.5 Å². The van der Waals surface area contributed by atoms with Gasteiger partial charge in [-0.05, 0) is 48.0 Å². The van der Waals surface area contributed by atoms with Crippen LogP contribution in [0.15, 0.2) is 47.1 Å². The SMILES string of the molecule is COc1cc(/C=C2/OC(c3ccc(F)cc3)=NC2=O)cc(OC)c1OC. The van der Waals surface area contributed by atoms with Crippen LogP contribution in [0.4, 0.5) is 4.39 Å². The Balaban J connectivity index is 1.92. The zero-order valence-electron chi connectivity index (χ0n) is 14.4. The molecule has 0 N–H and O–H groups in total. The fourth-order valence-electron chi connectivity index (χ4n) is 2.46. The molecule has 0 saturated carbocycles. The molecule has 2 aromatic carbocycles. The van der Waals surface area contributed by atoms with Crippen LogP contribution in [-0.2, 0) is 9.53 Å². The van der Waals surface area contributed by atoms with Crippen molar-refractivity contribution in [3.63, 3.8) is 0 Å². The molecule has 134 valence electrons. The quantitative estimate of drug-likeness (QED) is 0.769. The van der Waals surface area contributed by atoms with Crippen molar-refractivity contribution >= 4 is 17.9 Å². The van der Waals surface area contributed by atoms with Crippen LogP contribution < -0.4 is 14.2 Å². The third kappa shape index (κ3) is 3.37. The molecule has 6 nitrogen and oxygen atoms in total. The van der Waals surface area contributed by atoms with Crippen LogP contribution in [0.3, 0.4) is 0 Å². The molecular formula is C19H16FNO5. The van der Waals surface area contributed by atoms with Gasteiger partial charge in [0.2, 0.25) is 11.6 Å². The summed E-state index contributed by atoms with van der Waals surface area (Å²) in [5.41, 5.74) is 1.12. The van der Waals surface area contributed by atoms with E-state index in [1.54, 1.807) is 12.1 Å². The van der Waals surface area contributed by atoms with Crippen LogP contribution in [0.25, 0.3) is 6.08 Å². The summed E-state index contributed by atoms with van der Waals surface area (Å²) in [5.74, 6) is 0.587. The normalized spacial score (nSPS) is 14.8. The second kappa shape index (κ2) is 7.26. The molecule has 0 fully saturated rings. The van der Waals surface area contributed by atoms with Crippen LogP contribution in [0, 0.1) is 5.82 Å². The van der Waals surface area contributed by atoms with E-state index >= 15 is 0 Å². The predicted octanol–water partition coefficient (Wildman–Crippen LogP) is 3.20. The van der Waals surface area contributed by atoms with E-state index < -0.39 is 5.91 Å². The first-order valence-corrected chi connectivity index (χ1v) is 7.64. The zero-order chi connectivity index (χ0) is 18.7. The van der Waals surface area contributed by atoms with Gasteiger partial charge in [-0.15, -0.1) is 0 Å². The van der Waals surface area contributed by atoms with Gasteiger partial charge in [0.15, 0.2) is 17.3 Å². The number of hydrogen-bond donors (Lipinski definition) is 0. The van der Waals surface area contributed by atoms with Crippen LogP contribution in [0.2, 0.25) is 0 Å². The maximum Gasteiger partial charge on any atom is 0.316 e. The third-order valence-corrected chi connectivity index (χ3v) is 3.70. The van der Waals surface area contributed by atoms with Crippen molar-refractivity contribution in [2.24, 2.45) is 4.99 Å². The first-order chi connectivity index (χ1) is 12.5. The lowest BCUT2D eigenvalue weighted by atomic mass is 10.1. The van der Waals surface area contributed by atoms with E-state index in [0.717, 1.165) is 0 Å². The molecule has 2 aromatic rings. The fourth-order valence-corrected chi connectivity index (χ4v) is 2.46. The van der Waals surface area contributed by atoms with E-state index in [4.69, 9.17) is 18.9 Å². The lowest BCUT2D eigenvalue weighted by Crippen LogP contribution is -2.01. The highest BCUT2D eigenvalue weighted by atomic mass is 19.1. The third-order valence-electron chi connectivity index (χ3n) is 3.70. The highest BCUT2D eigenvalue weighted by Crippen LogP contribution is 2.39. The summed E-state index contributed by atoms with van der Waals surface area (Å²) in [6.45, 7) is 0. The maximum atomic E-state index is 13.0. The second-order valence-electron chi connectivity index (χ2n) is 5.30. The van der Waals surface area contributed by atoms with Crippen LogP contribution in [0.1, 0.15) is 11.1 Å². The highest BCUT2D eigenvalue weighted by Gasteiger charge is 2.24. The van der Waals surface area contributed by atoms with E-state index in [2.05, 4.69) is 4.99 Å². The summed E-state index contributed by atoms with van der Waals surface area (Å²) >= 11 is 0. The monoisotopic (exact) mass is 357 g/mol. The predicted molar refractivity (Wildman–Crippen MR) is 93.1 cm³/mol. The van der Waals surface area contributed by atoms with Crippen molar-refractivity contribution in [2.45, 2.75) is 0 Å². The number of aliphatic imine (C=N–C) groups is 1. The van der Waals surface area contributed by atoms with E-state index in [0.29, 0.717) is 28.4 Å². The molecule has 0 aromatic heterocycles. The maximum absolute atomic E-state index is 13.0. The Morgan fingerprint density at radius 3 is 2.15 bits per heavy atom. The van der Waals surface area contributed by atoms with Crippen molar-refractivity contribution in [3.05, 3.63) is 59.1 Å². The zero-order valence-corrected chi connectivity index (χ0v) is 14.4. The average Bonchev–Trinajstić information content (AvgIpc) is 3.01. The second-order valence-corrected chi connectivity index (χ2v) is 5.30. The lowest BCUT2D eigenvalue weighted by molar-refractivity contribution is -0.115. The topological polar surface area (TPSA) is 66.4 Å². The Labute approximate surface area is 149 Å². The van der Waals surface area contributed by atoms with Crippen molar-refractivity contribution in [1.82, 2.24) is 0 Å². The molecule has 0 saturated heterocycles. The number of rotatable bonds is 5. The summed E-state index contributed by atoms with van der Waals surface area (Å²) in [7, 11) is 4.51. The van der Waals surface area contributed by atoms with Gasteiger partial charge in [-0.25, -0.2) is 4.39 Å². The molecule has 1 aliphatic rings. The molecule has 26 heavy (non-hydrogen) atoms. The van der Waals surface area contributed by atoms with Gasteiger partial charge in [-0.3, -0.25) is 4.79 Å². The molecule has 0 spiro atoms. The number of carbonyl (C=O) groups excluding carboxylic acids is 1. The smallest absolute Gasteiger partial charge is 0.316 e. The molecule has 0 atom stereocenters. The van der Waals surface area contributed by atoms with E-state index in [1.165, 1.54) is 51.7 Å². The van der Waals surface area contributed by atoms with Gasteiger partial charge in [0.1, 0.15) is 5.82 Å². The van der Waals surface area contributed by atoms with Crippen molar-refractivity contribution in [1.29, 1.82) is 0 Å². The van der Waals surface area contributed by atoms with Gasteiger partial charge in [0, 0.05) is 5.56 Å². The summed E-state index contributed by atoms with van der Waals surface area (Å²) in [5, 5.41) is 0. The largest absolute Gasteiger partial charge is 0.493 e. The minimum atomic E-state index is -0.530. The number of hydrogen-bond acceptors (Lipinski definition) is 5. The molecule has 3 rings (SSSR count). The number of ether oxygens (including phenoxy) is 4. The number of halogens is 1. The first-order valence-electron chi connectivity index (χ1n) is 7.64. The summed E-state index contributed by atoms with van der Waals surface area (Å²) in [6.07, 6.45) is 1.52. The molecule has 7 heteroatoms. The van der Waals surface area contributed by atoms with Gasteiger partial charge in [0.25, 0.3) is 0 Å². The Hall–Kier alpha value is -3.35. The number of methoxy groups -OCH3 is 3. The van der Waals surface area contributed by atoms with Crippen molar-refractivity contribution < 1.29 is 28.1 Å². The minimum Gasteiger partial charge on any atom is -0.493 e. The van der Waals surface area contributed by atoms with Gasteiger partial charge >= 0.3 is 5.91 Å². The molecule has 0 radical (unpaired) electrons. The Morgan fingerprint density at radius 1 is 1.00 bits per heavy atom. The first kappa shape index (κ1) is 17.5.